The highest BCUT2D eigenvalue weighted by Crippen LogP contribution is 2.34. The molecular weight excluding hydrogens is 558 g/mol. The van der Waals surface area contributed by atoms with Crippen molar-refractivity contribution in [2.75, 3.05) is 18.5 Å². The number of H-pyrrole nitrogens is 1. The van der Waals surface area contributed by atoms with Gasteiger partial charge in [0, 0.05) is 23.9 Å². The molecule has 4 aromatic rings. The van der Waals surface area contributed by atoms with Crippen LogP contribution in [0.5, 0.6) is 0 Å². The molecule has 1 fully saturated rings. The van der Waals surface area contributed by atoms with Crippen LogP contribution in [0.2, 0.25) is 0 Å². The van der Waals surface area contributed by atoms with Gasteiger partial charge in [-0.05, 0) is 82.3 Å². The van der Waals surface area contributed by atoms with Crippen LogP contribution >= 0.6 is 0 Å². The van der Waals surface area contributed by atoms with E-state index < -0.39 is 17.7 Å². The maximum Gasteiger partial charge on any atom is 0.410 e. The molecule has 0 aliphatic carbocycles. The van der Waals surface area contributed by atoms with Crippen LogP contribution in [-0.4, -0.2) is 56.6 Å². The number of nitrogens with one attached hydrogen (secondary N) is 2. The Bertz CT molecular complexity index is 1630. The number of piperidine rings is 1. The van der Waals surface area contributed by atoms with Gasteiger partial charge in [-0.15, -0.1) is 0 Å². The van der Waals surface area contributed by atoms with Crippen LogP contribution in [0.25, 0.3) is 22.4 Å². The summed E-state index contributed by atoms with van der Waals surface area (Å²) in [6.45, 7) is 7.94. The van der Waals surface area contributed by atoms with Gasteiger partial charge in [-0.3, -0.25) is 9.69 Å². The Morgan fingerprint density at radius 3 is 2.43 bits per heavy atom. The van der Waals surface area contributed by atoms with E-state index in [-0.39, 0.29) is 24.2 Å². The topological polar surface area (TPSA) is 127 Å². The maximum absolute atomic E-state index is 13.1. The summed E-state index contributed by atoms with van der Waals surface area (Å²) in [5.41, 5.74) is 2.93. The Balaban J connectivity index is 1.39. The minimum absolute atomic E-state index is 0.190. The molecule has 1 aliphatic heterocycles. The first kappa shape index (κ1) is 30.5. The number of imidazole rings is 1. The average molecular weight is 596 g/mol. The van der Waals surface area contributed by atoms with Crippen molar-refractivity contribution in [2.45, 2.75) is 58.6 Å². The Morgan fingerprint density at radius 2 is 1.73 bits per heavy atom. The fourth-order valence-corrected chi connectivity index (χ4v) is 5.14. The Kier molecular flexibility index (Phi) is 9.08. The van der Waals surface area contributed by atoms with Crippen molar-refractivity contribution in [1.29, 1.82) is 0 Å². The monoisotopic (exact) mass is 595 g/mol. The molecule has 1 unspecified atom stereocenters. The molecule has 3 heterocycles. The highest BCUT2D eigenvalue weighted by atomic mass is 16.6. The van der Waals surface area contributed by atoms with Gasteiger partial charge in [-0.1, -0.05) is 42.5 Å². The molecule has 1 aliphatic rings. The number of aromatic nitrogens is 3. The maximum atomic E-state index is 13.1. The van der Waals surface area contributed by atoms with Crippen LogP contribution in [0, 0.1) is 0 Å². The van der Waals surface area contributed by atoms with Gasteiger partial charge in [0.25, 0.3) is 5.91 Å². The molecule has 0 bridgehead atoms. The molecule has 2 amide bonds. The van der Waals surface area contributed by atoms with Crippen molar-refractivity contribution >= 4 is 23.8 Å². The third-order valence-corrected chi connectivity index (χ3v) is 7.18. The fraction of sp³-hybridized carbons (Fsp3) is 0.324. The second kappa shape index (κ2) is 13.1. The number of pyridine rings is 1. The minimum Gasteiger partial charge on any atom is -0.461 e. The molecule has 0 saturated carbocycles. The number of hydrogen-bond donors (Lipinski definition) is 2. The highest BCUT2D eigenvalue weighted by molar-refractivity contribution is 6.04. The average Bonchev–Trinajstić information content (AvgIpc) is 3.47. The number of likely N-dealkylation sites (tertiary alicyclic amines) is 1. The van der Waals surface area contributed by atoms with Gasteiger partial charge in [0.15, 0.2) is 5.69 Å². The standard InChI is InChI=1S/C34H37N5O5/c1-5-43-32(41)29-28(37-30(38-29)26-13-9-10-20-39(26)33(42)44-34(2,3)4)23-14-16-24(17-15-23)31(40)36-27-21-25(18-19-35-27)22-11-7-6-8-12-22/h6-8,11-12,14-19,21,26H,5,9-10,13,20H2,1-4H3,(H,37,38)(H,35,36,40). The molecule has 5 rings (SSSR count). The summed E-state index contributed by atoms with van der Waals surface area (Å²) in [6, 6.07) is 20.0. The van der Waals surface area contributed by atoms with Crippen molar-refractivity contribution in [3.05, 3.63) is 90.0 Å². The molecule has 2 aromatic heterocycles. The van der Waals surface area contributed by atoms with Gasteiger partial charge in [0.1, 0.15) is 22.9 Å². The third-order valence-electron chi connectivity index (χ3n) is 7.18. The minimum atomic E-state index is -0.641. The van der Waals surface area contributed by atoms with Crippen LogP contribution in [0.15, 0.2) is 72.9 Å². The third kappa shape index (κ3) is 7.14. The Hall–Kier alpha value is -4.99. The molecule has 10 heteroatoms. The second-order valence-corrected chi connectivity index (χ2v) is 11.6. The van der Waals surface area contributed by atoms with Gasteiger partial charge >= 0.3 is 12.1 Å². The van der Waals surface area contributed by atoms with Crippen molar-refractivity contribution < 1.29 is 23.9 Å². The van der Waals surface area contributed by atoms with Gasteiger partial charge < -0.3 is 19.8 Å². The molecular formula is C34H37N5O5. The lowest BCUT2D eigenvalue weighted by Gasteiger charge is -2.35. The fourth-order valence-electron chi connectivity index (χ4n) is 5.14. The van der Waals surface area contributed by atoms with E-state index in [4.69, 9.17) is 14.5 Å². The molecule has 228 valence electrons. The Morgan fingerprint density at radius 1 is 0.977 bits per heavy atom. The van der Waals surface area contributed by atoms with E-state index in [1.54, 1.807) is 42.3 Å². The molecule has 1 atom stereocenters. The molecule has 0 radical (unpaired) electrons. The number of rotatable bonds is 7. The predicted molar refractivity (Wildman–Crippen MR) is 167 cm³/mol. The molecule has 1 saturated heterocycles. The number of carbonyl (C=O) groups is 3. The number of benzene rings is 2. The first-order valence-electron chi connectivity index (χ1n) is 14.8. The van der Waals surface area contributed by atoms with Crippen molar-refractivity contribution in [2.24, 2.45) is 0 Å². The number of nitrogens with zero attached hydrogens (tertiary/aromatic N) is 3. The van der Waals surface area contributed by atoms with E-state index in [9.17, 15) is 14.4 Å². The number of aromatic amines is 1. The SMILES string of the molecule is CCOC(=O)c1[nH]c(C2CCCCN2C(=O)OC(C)(C)C)nc1-c1ccc(C(=O)Nc2cc(-c3ccccc3)ccn2)cc1. The van der Waals surface area contributed by atoms with E-state index in [1.807, 2.05) is 63.2 Å². The summed E-state index contributed by atoms with van der Waals surface area (Å²) < 4.78 is 11.0. The van der Waals surface area contributed by atoms with E-state index in [1.165, 1.54) is 0 Å². The number of amides is 2. The predicted octanol–water partition coefficient (Wildman–Crippen LogP) is 7.03. The number of carbonyl (C=O) groups excluding carboxylic acids is 3. The number of hydrogen-bond acceptors (Lipinski definition) is 7. The number of anilines is 1. The van der Waals surface area contributed by atoms with E-state index in [0.29, 0.717) is 41.4 Å². The van der Waals surface area contributed by atoms with Crippen LogP contribution in [0.3, 0.4) is 0 Å². The lowest BCUT2D eigenvalue weighted by Crippen LogP contribution is -2.42. The summed E-state index contributed by atoms with van der Waals surface area (Å²) in [7, 11) is 0. The van der Waals surface area contributed by atoms with Crippen LogP contribution in [-0.2, 0) is 9.47 Å². The lowest BCUT2D eigenvalue weighted by atomic mass is 10.0. The van der Waals surface area contributed by atoms with Gasteiger partial charge in [0.2, 0.25) is 0 Å². The second-order valence-electron chi connectivity index (χ2n) is 11.6. The zero-order chi connectivity index (χ0) is 31.3. The van der Waals surface area contributed by atoms with Crippen LogP contribution < -0.4 is 5.32 Å². The van der Waals surface area contributed by atoms with Crippen LogP contribution in [0.4, 0.5) is 10.6 Å². The summed E-state index contributed by atoms with van der Waals surface area (Å²) in [5, 5.41) is 2.86. The largest absolute Gasteiger partial charge is 0.461 e. The van der Waals surface area contributed by atoms with E-state index in [0.717, 1.165) is 24.0 Å². The van der Waals surface area contributed by atoms with Gasteiger partial charge in [-0.25, -0.2) is 19.6 Å². The van der Waals surface area contributed by atoms with E-state index in [2.05, 4.69) is 15.3 Å². The first-order chi connectivity index (χ1) is 21.1. The molecule has 10 nitrogen and oxygen atoms in total. The number of esters is 1. The zero-order valence-corrected chi connectivity index (χ0v) is 25.4. The summed E-state index contributed by atoms with van der Waals surface area (Å²) in [6.07, 6.45) is 3.67. The van der Waals surface area contributed by atoms with E-state index >= 15 is 0 Å². The number of ether oxygens (including phenoxy) is 2. The van der Waals surface area contributed by atoms with Crippen molar-refractivity contribution in [1.82, 2.24) is 19.9 Å². The Labute approximate surface area is 256 Å². The molecule has 2 aromatic carbocycles. The summed E-state index contributed by atoms with van der Waals surface area (Å²) in [5.74, 6) is 0.0497. The quantitative estimate of drug-likeness (QED) is 0.220. The summed E-state index contributed by atoms with van der Waals surface area (Å²) >= 11 is 0. The van der Waals surface area contributed by atoms with Crippen molar-refractivity contribution in [3.63, 3.8) is 0 Å². The van der Waals surface area contributed by atoms with Gasteiger partial charge in [-0.2, -0.15) is 0 Å². The zero-order valence-electron chi connectivity index (χ0n) is 25.4. The summed E-state index contributed by atoms with van der Waals surface area (Å²) in [4.78, 5) is 53.0. The molecule has 0 spiro atoms. The van der Waals surface area contributed by atoms with Crippen molar-refractivity contribution in [3.8, 4) is 22.4 Å². The highest BCUT2D eigenvalue weighted by Gasteiger charge is 2.34. The molecule has 2 N–H and O–H groups in total. The normalized spacial score (nSPS) is 15.0. The van der Waals surface area contributed by atoms with Crippen LogP contribution in [0.1, 0.15) is 79.7 Å². The first-order valence-corrected chi connectivity index (χ1v) is 14.8. The lowest BCUT2D eigenvalue weighted by molar-refractivity contribution is 0.00853. The van der Waals surface area contributed by atoms with Gasteiger partial charge in [0.05, 0.1) is 12.6 Å². The molecule has 44 heavy (non-hydrogen) atoms. The smallest absolute Gasteiger partial charge is 0.410 e.